The van der Waals surface area contributed by atoms with Crippen molar-refractivity contribution in [3.63, 3.8) is 0 Å². The van der Waals surface area contributed by atoms with Crippen molar-refractivity contribution in [2.24, 2.45) is 11.7 Å². The third-order valence-corrected chi connectivity index (χ3v) is 5.02. The Balaban J connectivity index is 1.91. The zero-order valence-electron chi connectivity index (χ0n) is 13.0. The molecule has 22 heavy (non-hydrogen) atoms. The van der Waals surface area contributed by atoms with Gasteiger partial charge in [0.05, 0.1) is 18.8 Å². The number of carbonyl (C=O) groups excluding carboxylic acids is 2. The van der Waals surface area contributed by atoms with Crippen molar-refractivity contribution in [3.05, 3.63) is 24.3 Å². The van der Waals surface area contributed by atoms with Crippen LogP contribution in [-0.2, 0) is 9.59 Å². The number of methoxy groups -OCH3 is 1. The van der Waals surface area contributed by atoms with Crippen molar-refractivity contribution in [2.75, 3.05) is 19.4 Å². The summed E-state index contributed by atoms with van der Waals surface area (Å²) in [5.74, 6) is 0.685. The van der Waals surface area contributed by atoms with Gasteiger partial charge in [0.15, 0.2) is 0 Å². The van der Waals surface area contributed by atoms with Crippen LogP contribution in [0.5, 0.6) is 5.75 Å². The second-order valence-corrected chi connectivity index (χ2v) is 6.58. The van der Waals surface area contributed by atoms with Crippen molar-refractivity contribution in [2.45, 2.75) is 30.7 Å². The molecule has 2 atom stereocenters. The van der Waals surface area contributed by atoms with Gasteiger partial charge < -0.3 is 15.4 Å². The number of nitrogens with two attached hydrogens (primary N) is 1. The van der Waals surface area contributed by atoms with Crippen LogP contribution in [0.4, 0.5) is 0 Å². The Morgan fingerprint density at radius 2 is 2.00 bits per heavy atom. The lowest BCUT2D eigenvalue weighted by Crippen LogP contribution is -2.49. The zero-order chi connectivity index (χ0) is 16.1. The van der Waals surface area contributed by atoms with Gasteiger partial charge in [0, 0.05) is 17.5 Å². The molecule has 5 nitrogen and oxygen atoms in total. The van der Waals surface area contributed by atoms with Crippen LogP contribution in [-0.4, -0.2) is 42.2 Å². The maximum absolute atomic E-state index is 12.4. The summed E-state index contributed by atoms with van der Waals surface area (Å²) < 4.78 is 5.11. The maximum atomic E-state index is 12.4. The van der Waals surface area contributed by atoms with E-state index in [0.717, 1.165) is 23.5 Å². The average molecular weight is 322 g/mol. The molecule has 2 amide bonds. The number of benzene rings is 1. The number of carbonyl (C=O) groups is 2. The van der Waals surface area contributed by atoms with Gasteiger partial charge in [-0.1, -0.05) is 0 Å². The van der Waals surface area contributed by atoms with Crippen LogP contribution >= 0.6 is 11.8 Å². The van der Waals surface area contributed by atoms with Gasteiger partial charge >= 0.3 is 0 Å². The second kappa shape index (κ2) is 7.54. The van der Waals surface area contributed by atoms with Gasteiger partial charge in [-0.05, 0) is 44.0 Å². The first-order valence-electron chi connectivity index (χ1n) is 7.37. The van der Waals surface area contributed by atoms with Crippen molar-refractivity contribution in [1.82, 2.24) is 4.90 Å². The van der Waals surface area contributed by atoms with Gasteiger partial charge in [0.1, 0.15) is 5.75 Å². The van der Waals surface area contributed by atoms with Crippen molar-refractivity contribution < 1.29 is 14.3 Å². The molecule has 0 aromatic heterocycles. The molecular weight excluding hydrogens is 300 g/mol. The Bertz CT molecular complexity index is 533. The first kappa shape index (κ1) is 16.7. The SMILES string of the molecule is COc1ccc(SCC(=O)N2CC(C(N)=O)CCC2C)cc1. The van der Waals surface area contributed by atoms with Gasteiger partial charge in [-0.15, -0.1) is 11.8 Å². The number of thioether (sulfide) groups is 1. The van der Waals surface area contributed by atoms with Crippen LogP contribution < -0.4 is 10.5 Å². The molecule has 1 aliphatic heterocycles. The number of rotatable bonds is 5. The van der Waals surface area contributed by atoms with Gasteiger partial charge in [-0.2, -0.15) is 0 Å². The number of nitrogens with zero attached hydrogens (tertiary/aromatic N) is 1. The highest BCUT2D eigenvalue weighted by Crippen LogP contribution is 2.25. The largest absolute Gasteiger partial charge is 0.497 e. The molecule has 2 rings (SSSR count). The lowest BCUT2D eigenvalue weighted by atomic mass is 9.93. The minimum atomic E-state index is -0.312. The first-order chi connectivity index (χ1) is 10.5. The number of piperidine rings is 1. The van der Waals surface area contributed by atoms with E-state index in [9.17, 15) is 9.59 Å². The number of ether oxygens (including phenoxy) is 1. The summed E-state index contributed by atoms with van der Waals surface area (Å²) in [5, 5.41) is 0. The number of hydrogen-bond acceptors (Lipinski definition) is 4. The molecule has 6 heteroatoms. The maximum Gasteiger partial charge on any atom is 0.233 e. The first-order valence-corrected chi connectivity index (χ1v) is 8.35. The third-order valence-electron chi connectivity index (χ3n) is 4.03. The quantitative estimate of drug-likeness (QED) is 0.840. The highest BCUT2D eigenvalue weighted by atomic mass is 32.2. The standard InChI is InChI=1S/C16H22N2O3S/c1-11-3-4-12(16(17)20)9-18(11)15(19)10-22-14-7-5-13(21-2)6-8-14/h5-8,11-12H,3-4,9-10H2,1-2H3,(H2,17,20). The molecule has 0 saturated carbocycles. The monoisotopic (exact) mass is 322 g/mol. The van der Waals surface area contributed by atoms with Crippen LogP contribution in [0.2, 0.25) is 0 Å². The third kappa shape index (κ3) is 4.16. The summed E-state index contributed by atoms with van der Waals surface area (Å²) in [5.41, 5.74) is 5.37. The molecule has 0 aliphatic carbocycles. The summed E-state index contributed by atoms with van der Waals surface area (Å²) >= 11 is 1.49. The second-order valence-electron chi connectivity index (χ2n) is 5.54. The predicted molar refractivity (Wildman–Crippen MR) is 86.8 cm³/mol. The Kier molecular flexibility index (Phi) is 5.71. The minimum Gasteiger partial charge on any atom is -0.497 e. The van der Waals surface area contributed by atoms with E-state index < -0.39 is 0 Å². The molecule has 1 heterocycles. The van der Waals surface area contributed by atoms with Crippen LogP contribution in [0.15, 0.2) is 29.2 Å². The highest BCUT2D eigenvalue weighted by molar-refractivity contribution is 8.00. The number of likely N-dealkylation sites (tertiary alicyclic amines) is 1. The Labute approximate surface area is 135 Å². The van der Waals surface area contributed by atoms with Crippen molar-refractivity contribution in [1.29, 1.82) is 0 Å². The topological polar surface area (TPSA) is 72.6 Å². The molecular formula is C16H22N2O3S. The number of hydrogen-bond donors (Lipinski definition) is 1. The zero-order valence-corrected chi connectivity index (χ0v) is 13.8. The van der Waals surface area contributed by atoms with E-state index in [0.29, 0.717) is 12.3 Å². The van der Waals surface area contributed by atoms with Gasteiger partial charge in [0.25, 0.3) is 0 Å². The summed E-state index contributed by atoms with van der Waals surface area (Å²) in [6.07, 6.45) is 1.60. The molecule has 0 spiro atoms. The van der Waals surface area contributed by atoms with Gasteiger partial charge in [-0.25, -0.2) is 0 Å². The fourth-order valence-corrected chi connectivity index (χ4v) is 3.37. The fraction of sp³-hybridized carbons (Fsp3) is 0.500. The van der Waals surface area contributed by atoms with E-state index in [1.54, 1.807) is 12.0 Å². The summed E-state index contributed by atoms with van der Waals surface area (Å²) in [6.45, 7) is 2.46. The molecule has 1 saturated heterocycles. The normalized spacial score (nSPS) is 21.5. The van der Waals surface area contributed by atoms with Crippen LogP contribution in [0.1, 0.15) is 19.8 Å². The van der Waals surface area contributed by atoms with E-state index in [1.807, 2.05) is 31.2 Å². The molecule has 1 fully saturated rings. The lowest BCUT2D eigenvalue weighted by molar-refractivity contribution is -0.135. The Hall–Kier alpha value is -1.69. The molecule has 2 N–H and O–H groups in total. The predicted octanol–water partition coefficient (Wildman–Crippen LogP) is 1.90. The van der Waals surface area contributed by atoms with Crippen LogP contribution in [0.25, 0.3) is 0 Å². The van der Waals surface area contributed by atoms with Gasteiger partial charge in [0.2, 0.25) is 11.8 Å². The van der Waals surface area contributed by atoms with Crippen molar-refractivity contribution in [3.8, 4) is 5.75 Å². The lowest BCUT2D eigenvalue weighted by Gasteiger charge is -2.36. The average Bonchev–Trinajstić information content (AvgIpc) is 2.53. The van der Waals surface area contributed by atoms with E-state index >= 15 is 0 Å². The Morgan fingerprint density at radius 3 is 2.59 bits per heavy atom. The number of amides is 2. The van der Waals surface area contributed by atoms with Gasteiger partial charge in [-0.3, -0.25) is 9.59 Å². The van der Waals surface area contributed by atoms with E-state index in [1.165, 1.54) is 11.8 Å². The molecule has 0 bridgehead atoms. The van der Waals surface area contributed by atoms with E-state index in [-0.39, 0.29) is 23.8 Å². The summed E-state index contributed by atoms with van der Waals surface area (Å²) in [7, 11) is 1.62. The molecule has 1 aromatic rings. The Morgan fingerprint density at radius 1 is 1.32 bits per heavy atom. The molecule has 1 aliphatic rings. The van der Waals surface area contributed by atoms with Crippen LogP contribution in [0, 0.1) is 5.92 Å². The van der Waals surface area contributed by atoms with Crippen molar-refractivity contribution >= 4 is 23.6 Å². The van der Waals surface area contributed by atoms with E-state index in [4.69, 9.17) is 10.5 Å². The molecule has 2 unspecified atom stereocenters. The molecule has 120 valence electrons. The fourth-order valence-electron chi connectivity index (χ4n) is 2.59. The smallest absolute Gasteiger partial charge is 0.233 e. The summed E-state index contributed by atoms with van der Waals surface area (Å²) in [6, 6.07) is 7.78. The molecule has 0 radical (unpaired) electrons. The minimum absolute atomic E-state index is 0.0549. The van der Waals surface area contributed by atoms with E-state index in [2.05, 4.69) is 0 Å². The highest BCUT2D eigenvalue weighted by Gasteiger charge is 2.31. The van der Waals surface area contributed by atoms with Crippen LogP contribution in [0.3, 0.4) is 0 Å². The summed E-state index contributed by atoms with van der Waals surface area (Å²) in [4.78, 5) is 26.5. The number of primary amides is 1. The molecule has 1 aromatic carbocycles.